The summed E-state index contributed by atoms with van der Waals surface area (Å²) < 4.78 is 40.2. The smallest absolute Gasteiger partial charge is 0.269 e. The molecule has 1 aromatic carbocycles. The summed E-state index contributed by atoms with van der Waals surface area (Å²) in [6.45, 7) is 2.95. The highest BCUT2D eigenvalue weighted by molar-refractivity contribution is 6.28. The van der Waals surface area contributed by atoms with Crippen molar-refractivity contribution in [3.05, 3.63) is 41.5 Å². The van der Waals surface area contributed by atoms with Crippen LogP contribution < -0.4 is 5.01 Å². The third kappa shape index (κ3) is 2.47. The van der Waals surface area contributed by atoms with E-state index in [2.05, 4.69) is 5.10 Å². The molecular weight excluding hydrogens is 323 g/mol. The van der Waals surface area contributed by atoms with Gasteiger partial charge < -0.3 is 0 Å². The van der Waals surface area contributed by atoms with Gasteiger partial charge in [0.15, 0.2) is 6.04 Å². The van der Waals surface area contributed by atoms with E-state index in [4.69, 9.17) is 0 Å². The largest absolute Gasteiger partial charge is 0.411 e. The molecule has 2 aliphatic rings. The average Bonchev–Trinajstić information content (AvgIpc) is 3.05. The summed E-state index contributed by atoms with van der Waals surface area (Å²) in [5, 5.41) is 4.76. The van der Waals surface area contributed by atoms with Crippen molar-refractivity contribution in [2.75, 3.05) is 5.01 Å². The fourth-order valence-electron chi connectivity index (χ4n) is 2.69. The zero-order valence-corrected chi connectivity index (χ0v) is 13.0. The van der Waals surface area contributed by atoms with Gasteiger partial charge in [-0.15, -0.1) is 0 Å². The molecule has 0 radical (unpaired) electrons. The van der Waals surface area contributed by atoms with Crippen LogP contribution >= 0.6 is 0 Å². The zero-order valence-electron chi connectivity index (χ0n) is 13.0. The Labute approximate surface area is 136 Å². The maximum absolute atomic E-state index is 13.4. The second kappa shape index (κ2) is 5.47. The Bertz CT molecular complexity index is 745. The SMILES string of the molecule is CC1=C(C)C(=O)N(C2=NN(c3ccccc3)C(C(F)(F)F)C2)C1=O. The number of carbonyl (C=O) groups excluding carboxylic acids is 2. The van der Waals surface area contributed by atoms with Gasteiger partial charge in [-0.1, -0.05) is 18.2 Å². The number of halogens is 3. The fourth-order valence-corrected chi connectivity index (χ4v) is 2.69. The van der Waals surface area contributed by atoms with Crippen molar-refractivity contribution in [3.63, 3.8) is 0 Å². The molecule has 1 unspecified atom stereocenters. The molecule has 0 aliphatic carbocycles. The molecular formula is C16H14F3N3O2. The van der Waals surface area contributed by atoms with E-state index >= 15 is 0 Å². The van der Waals surface area contributed by atoms with E-state index in [1.807, 2.05) is 0 Å². The van der Waals surface area contributed by atoms with E-state index in [1.165, 1.54) is 26.0 Å². The van der Waals surface area contributed by atoms with Crippen molar-refractivity contribution in [2.45, 2.75) is 32.5 Å². The number of hydrazone groups is 1. The summed E-state index contributed by atoms with van der Waals surface area (Å²) in [5.74, 6) is -1.42. The predicted molar refractivity (Wildman–Crippen MR) is 81.0 cm³/mol. The number of hydrogen-bond acceptors (Lipinski definition) is 4. The van der Waals surface area contributed by atoms with Gasteiger partial charge in [-0.2, -0.15) is 18.3 Å². The number of anilines is 1. The highest BCUT2D eigenvalue weighted by Gasteiger charge is 2.51. The molecule has 2 aliphatic heterocycles. The third-order valence-electron chi connectivity index (χ3n) is 4.16. The van der Waals surface area contributed by atoms with Crippen LogP contribution in [0.25, 0.3) is 0 Å². The first-order valence-electron chi connectivity index (χ1n) is 7.26. The van der Waals surface area contributed by atoms with Gasteiger partial charge in [0.05, 0.1) is 5.69 Å². The summed E-state index contributed by atoms with van der Waals surface area (Å²) in [6.07, 6.45) is -5.11. The van der Waals surface area contributed by atoms with Crippen LogP contribution in [0.1, 0.15) is 20.3 Å². The topological polar surface area (TPSA) is 53.0 Å². The molecule has 1 aromatic rings. The number of nitrogens with zero attached hydrogens (tertiary/aromatic N) is 3. The molecule has 0 N–H and O–H groups in total. The molecule has 0 aromatic heterocycles. The first-order valence-corrected chi connectivity index (χ1v) is 7.26. The second-order valence-corrected chi connectivity index (χ2v) is 5.65. The molecule has 0 bridgehead atoms. The number of imide groups is 1. The zero-order chi connectivity index (χ0) is 17.6. The molecule has 24 heavy (non-hydrogen) atoms. The van der Waals surface area contributed by atoms with Crippen LogP contribution in [-0.4, -0.2) is 34.8 Å². The lowest BCUT2D eigenvalue weighted by Gasteiger charge is -2.25. The van der Waals surface area contributed by atoms with E-state index in [-0.39, 0.29) is 22.7 Å². The summed E-state index contributed by atoms with van der Waals surface area (Å²) in [7, 11) is 0. The van der Waals surface area contributed by atoms with Gasteiger partial charge in [0.25, 0.3) is 11.8 Å². The quantitative estimate of drug-likeness (QED) is 0.741. The lowest BCUT2D eigenvalue weighted by Crippen LogP contribution is -2.42. The molecule has 0 fully saturated rings. The van der Waals surface area contributed by atoms with Crippen LogP contribution in [-0.2, 0) is 9.59 Å². The van der Waals surface area contributed by atoms with Gasteiger partial charge >= 0.3 is 6.18 Å². The molecule has 2 heterocycles. The minimum atomic E-state index is -4.55. The number of benzene rings is 1. The Morgan fingerprint density at radius 1 is 1.04 bits per heavy atom. The number of rotatable bonds is 1. The first-order chi connectivity index (χ1) is 11.2. The molecule has 0 saturated carbocycles. The normalized spacial score (nSPS) is 21.9. The Morgan fingerprint density at radius 3 is 2.08 bits per heavy atom. The van der Waals surface area contributed by atoms with Crippen LogP contribution in [0.5, 0.6) is 0 Å². The summed E-state index contributed by atoms with van der Waals surface area (Å²) in [5.41, 5.74) is 0.698. The maximum atomic E-state index is 13.4. The highest BCUT2D eigenvalue weighted by atomic mass is 19.4. The Hall–Kier alpha value is -2.64. The fraction of sp³-hybridized carbons (Fsp3) is 0.312. The van der Waals surface area contributed by atoms with Crippen molar-refractivity contribution in [1.82, 2.24) is 4.90 Å². The minimum Gasteiger partial charge on any atom is -0.269 e. The molecule has 2 amide bonds. The van der Waals surface area contributed by atoms with Gasteiger partial charge in [0.1, 0.15) is 5.84 Å². The molecule has 1 atom stereocenters. The summed E-state index contributed by atoms with van der Waals surface area (Å²) in [6, 6.07) is 5.94. The third-order valence-corrected chi connectivity index (χ3v) is 4.16. The number of amidine groups is 1. The second-order valence-electron chi connectivity index (χ2n) is 5.65. The average molecular weight is 337 g/mol. The molecule has 8 heteroatoms. The van der Waals surface area contributed by atoms with Crippen LogP contribution in [0.4, 0.5) is 18.9 Å². The van der Waals surface area contributed by atoms with Gasteiger partial charge in [-0.25, -0.2) is 4.90 Å². The summed E-state index contributed by atoms with van der Waals surface area (Å²) in [4.78, 5) is 25.1. The molecule has 3 rings (SSSR count). The lowest BCUT2D eigenvalue weighted by molar-refractivity contribution is -0.146. The highest BCUT2D eigenvalue weighted by Crippen LogP contribution is 2.36. The van der Waals surface area contributed by atoms with Crippen LogP contribution in [0.3, 0.4) is 0 Å². The van der Waals surface area contributed by atoms with E-state index < -0.39 is 30.5 Å². The van der Waals surface area contributed by atoms with Crippen molar-refractivity contribution >= 4 is 23.3 Å². The maximum Gasteiger partial charge on any atom is 0.411 e. The molecule has 0 spiro atoms. The van der Waals surface area contributed by atoms with Crippen molar-refractivity contribution in [1.29, 1.82) is 0 Å². The Kier molecular flexibility index (Phi) is 3.70. The number of amides is 2. The summed E-state index contributed by atoms with van der Waals surface area (Å²) >= 11 is 0. The van der Waals surface area contributed by atoms with Crippen LogP contribution in [0.2, 0.25) is 0 Å². The van der Waals surface area contributed by atoms with Gasteiger partial charge in [0, 0.05) is 17.6 Å². The van der Waals surface area contributed by atoms with Crippen molar-refractivity contribution < 1.29 is 22.8 Å². The monoisotopic (exact) mass is 337 g/mol. The van der Waals surface area contributed by atoms with E-state index in [0.29, 0.717) is 0 Å². The Balaban J connectivity index is 1.99. The van der Waals surface area contributed by atoms with Crippen LogP contribution in [0.15, 0.2) is 46.6 Å². The molecule has 5 nitrogen and oxygen atoms in total. The number of para-hydroxylation sites is 1. The number of carbonyl (C=O) groups is 2. The standard InChI is InChI=1S/C16H14F3N3O2/c1-9-10(2)15(24)21(14(9)23)13-8-12(16(17,18)19)22(20-13)11-6-4-3-5-7-11/h3-7,12H,8H2,1-2H3. The van der Waals surface area contributed by atoms with Gasteiger partial charge in [-0.3, -0.25) is 14.6 Å². The van der Waals surface area contributed by atoms with E-state index in [0.717, 1.165) is 9.91 Å². The number of hydrogen-bond donors (Lipinski definition) is 0. The Morgan fingerprint density at radius 2 is 1.58 bits per heavy atom. The molecule has 126 valence electrons. The van der Waals surface area contributed by atoms with E-state index in [9.17, 15) is 22.8 Å². The van der Waals surface area contributed by atoms with Gasteiger partial charge in [-0.05, 0) is 26.0 Å². The van der Waals surface area contributed by atoms with Crippen molar-refractivity contribution in [3.8, 4) is 0 Å². The van der Waals surface area contributed by atoms with Gasteiger partial charge in [0.2, 0.25) is 0 Å². The predicted octanol–water partition coefficient (Wildman–Crippen LogP) is 2.85. The van der Waals surface area contributed by atoms with Crippen LogP contribution in [0, 0.1) is 0 Å². The number of alkyl halides is 3. The minimum absolute atomic E-state index is 0.188. The first kappa shape index (κ1) is 16.2. The van der Waals surface area contributed by atoms with E-state index in [1.54, 1.807) is 18.2 Å². The lowest BCUT2D eigenvalue weighted by atomic mass is 10.1. The van der Waals surface area contributed by atoms with Crippen molar-refractivity contribution in [2.24, 2.45) is 5.10 Å². The molecule has 0 saturated heterocycles.